The van der Waals surface area contributed by atoms with Crippen LogP contribution < -0.4 is 5.32 Å². The Bertz CT molecular complexity index is 893. The van der Waals surface area contributed by atoms with E-state index in [1.54, 1.807) is 6.08 Å². The molecule has 212 valence electrons. The summed E-state index contributed by atoms with van der Waals surface area (Å²) in [6.45, 7) is 6.83. The maximum absolute atomic E-state index is 12.0. The van der Waals surface area contributed by atoms with Crippen molar-refractivity contribution in [1.82, 2.24) is 9.76 Å². The molecule has 0 saturated carbocycles. The summed E-state index contributed by atoms with van der Waals surface area (Å²) in [7, 11) is 10.0. The molecule has 1 fully saturated rings. The van der Waals surface area contributed by atoms with Gasteiger partial charge in [-0.1, -0.05) is 99.5 Å². The highest BCUT2D eigenvalue weighted by Crippen LogP contribution is 2.36. The zero-order chi connectivity index (χ0) is 27.9. The molecule has 1 saturated heterocycles. The number of ether oxygens (including phenoxy) is 2. The third kappa shape index (κ3) is 11.5. The molecule has 12 unspecified atom stereocenters. The minimum atomic E-state index is -0.577. The van der Waals surface area contributed by atoms with Crippen LogP contribution in [-0.2, 0) is 23.3 Å². The van der Waals surface area contributed by atoms with Crippen molar-refractivity contribution >= 4 is 43.6 Å². The van der Waals surface area contributed by atoms with Gasteiger partial charge in [-0.25, -0.2) is 0 Å². The third-order valence-electron chi connectivity index (χ3n) is 6.46. The zero-order valence-electron chi connectivity index (χ0n) is 22.5. The predicted molar refractivity (Wildman–Crippen MR) is 169 cm³/mol. The van der Waals surface area contributed by atoms with E-state index in [9.17, 15) is 4.79 Å². The smallest absolute Gasteiger partial charge is 0.243 e. The molecule has 0 radical (unpaired) electrons. The first kappa shape index (κ1) is 33.6. The molecule has 7 nitrogen and oxygen atoms in total. The van der Waals surface area contributed by atoms with Crippen molar-refractivity contribution in [3.05, 3.63) is 72.9 Å². The number of nitrogens with one attached hydrogen (secondary N) is 1. The number of rotatable bonds is 5. The van der Waals surface area contributed by atoms with Gasteiger partial charge in [0.15, 0.2) is 6.29 Å². The Morgan fingerprint density at radius 1 is 0.895 bits per heavy atom. The monoisotopic (exact) mass is 600 g/mol. The van der Waals surface area contributed by atoms with Crippen LogP contribution in [0.1, 0.15) is 33.6 Å². The molecule has 0 aromatic rings. The molecule has 1 amide bonds. The van der Waals surface area contributed by atoms with Crippen LogP contribution in [0.25, 0.3) is 0 Å². The van der Waals surface area contributed by atoms with Crippen molar-refractivity contribution in [2.75, 3.05) is 6.54 Å². The van der Waals surface area contributed by atoms with E-state index < -0.39 is 12.4 Å². The fourth-order valence-electron chi connectivity index (χ4n) is 4.23. The lowest BCUT2D eigenvalue weighted by Crippen LogP contribution is -2.61. The molecule has 1 N–H and O–H groups in total. The van der Waals surface area contributed by atoms with Crippen LogP contribution in [0, 0.1) is 11.8 Å². The Kier molecular flexibility index (Phi) is 16.6. The number of amides is 1. The zero-order valence-corrected chi connectivity index (χ0v) is 27.1. The maximum Gasteiger partial charge on any atom is 0.243 e. The van der Waals surface area contributed by atoms with Gasteiger partial charge in [0.1, 0.15) is 12.2 Å². The highest BCUT2D eigenvalue weighted by atomic mass is 31.1. The summed E-state index contributed by atoms with van der Waals surface area (Å²) in [5, 5.41) is 2.91. The van der Waals surface area contributed by atoms with E-state index in [-0.39, 0.29) is 42.1 Å². The second-order valence-electron chi connectivity index (χ2n) is 9.56. The van der Waals surface area contributed by atoms with Crippen LogP contribution in [0.4, 0.5) is 0 Å². The maximum atomic E-state index is 12.0. The average molecular weight is 601 g/mol. The Balaban J connectivity index is 2.22. The number of allylic oxidation sites excluding steroid dienone is 9. The second kappa shape index (κ2) is 18.7. The lowest BCUT2D eigenvalue weighted by molar-refractivity contribution is -0.279. The molecule has 2 rings (SSSR count). The molecule has 0 aromatic carbocycles. The van der Waals surface area contributed by atoms with Crippen molar-refractivity contribution < 1.29 is 23.3 Å². The van der Waals surface area contributed by atoms with Gasteiger partial charge in [0.25, 0.3) is 0 Å². The van der Waals surface area contributed by atoms with Crippen LogP contribution in [0.2, 0.25) is 0 Å². The lowest BCUT2D eigenvalue weighted by Gasteiger charge is -2.47. The molecule has 11 heteroatoms. The molecule has 0 spiro atoms. The molecule has 2 heterocycles. The van der Waals surface area contributed by atoms with Crippen LogP contribution in [0.15, 0.2) is 72.9 Å². The first-order valence-electron chi connectivity index (χ1n) is 12.9. The van der Waals surface area contributed by atoms with E-state index in [0.717, 1.165) is 6.42 Å². The normalized spacial score (nSPS) is 39.0. The van der Waals surface area contributed by atoms with Crippen molar-refractivity contribution in [2.45, 2.75) is 70.4 Å². The molecule has 0 aliphatic carbocycles. The summed E-state index contributed by atoms with van der Waals surface area (Å²) in [6, 6.07) is -0.125. The third-order valence-corrected chi connectivity index (χ3v) is 7.77. The molecule has 38 heavy (non-hydrogen) atoms. The van der Waals surface area contributed by atoms with Gasteiger partial charge in [-0.05, 0) is 31.6 Å². The molecule has 0 bridgehead atoms. The first-order chi connectivity index (χ1) is 18.3. The lowest BCUT2D eigenvalue weighted by atomic mass is 9.95. The van der Waals surface area contributed by atoms with Gasteiger partial charge in [-0.3, -0.25) is 9.24 Å². The van der Waals surface area contributed by atoms with E-state index in [4.69, 9.17) is 18.5 Å². The van der Waals surface area contributed by atoms with E-state index in [1.807, 2.05) is 47.8 Å². The van der Waals surface area contributed by atoms with Gasteiger partial charge in [-0.15, -0.1) is 0 Å². The van der Waals surface area contributed by atoms with E-state index in [0.29, 0.717) is 13.0 Å². The van der Waals surface area contributed by atoms with Crippen molar-refractivity contribution in [3.8, 4) is 0 Å². The summed E-state index contributed by atoms with van der Waals surface area (Å²) in [5.41, 5.74) is 0. The number of hydrogen-bond acceptors (Lipinski definition) is 6. The Hall–Kier alpha value is -0.570. The topological polar surface area (TPSA) is 69.3 Å². The fourth-order valence-corrected chi connectivity index (χ4v) is 5.58. The van der Waals surface area contributed by atoms with Gasteiger partial charge in [0.05, 0.1) is 18.2 Å². The largest absolute Gasteiger partial charge is 0.358 e. The van der Waals surface area contributed by atoms with Gasteiger partial charge in [-0.2, -0.15) is 0 Å². The van der Waals surface area contributed by atoms with Crippen LogP contribution >= 0.6 is 37.7 Å². The predicted octanol–water partition coefficient (Wildman–Crippen LogP) is 5.24. The van der Waals surface area contributed by atoms with Gasteiger partial charge >= 0.3 is 0 Å². The Morgan fingerprint density at radius 2 is 1.53 bits per heavy atom. The Morgan fingerprint density at radius 3 is 2.18 bits per heavy atom. The second-order valence-corrected chi connectivity index (χ2v) is 11.9. The highest BCUT2D eigenvalue weighted by Gasteiger charge is 2.47. The quantitative estimate of drug-likeness (QED) is 0.436. The molecular weight excluding hydrogens is 556 g/mol. The first-order valence-corrected chi connectivity index (χ1v) is 14.8. The number of carbonyl (C=O) groups excluding carboxylic acids is 1. The standard InChI is InChI=1S/C27H44N2O5P4/c1-19-14-10-6-4-7-11-15-20(2)22(16-12-8-5-9-13-17-23(30)28-18-19)32-27-26(34-38)24(29(35)36)25(33-37)21(3)31-27/h4-14,17,19-22,24-27H,15-16,18,35-38H2,1-3H3,(H,28,30)/b6-4-,9-5+,11-7+,12-8-,14-10+,17-13-. The SMILES string of the molecule is CC1/C=C/C=C\C=C\CC(C)C(OC2OC(C)C(OP)C(N(P)P)C2OP)C\C=C/C=C/C=C\C(=O)NC1. The van der Waals surface area contributed by atoms with Crippen molar-refractivity contribution in [1.29, 1.82) is 0 Å². The van der Waals surface area contributed by atoms with Gasteiger partial charge in [0.2, 0.25) is 5.91 Å². The summed E-state index contributed by atoms with van der Waals surface area (Å²) < 4.78 is 26.3. The van der Waals surface area contributed by atoms with E-state index in [2.05, 4.69) is 81.2 Å². The summed E-state index contributed by atoms with van der Waals surface area (Å²) >= 11 is 0. The van der Waals surface area contributed by atoms with Crippen molar-refractivity contribution in [2.24, 2.45) is 11.8 Å². The van der Waals surface area contributed by atoms with Crippen LogP contribution in [0.3, 0.4) is 0 Å². The minimum Gasteiger partial charge on any atom is -0.358 e. The molecule has 12 atom stereocenters. The van der Waals surface area contributed by atoms with Crippen LogP contribution in [0.5, 0.6) is 0 Å². The van der Waals surface area contributed by atoms with Crippen molar-refractivity contribution in [3.63, 3.8) is 0 Å². The number of carbonyl (C=O) groups is 1. The van der Waals surface area contributed by atoms with Gasteiger partial charge in [0, 0.05) is 31.6 Å². The Labute approximate surface area is 238 Å². The minimum absolute atomic E-state index is 0.108. The number of nitrogens with zero attached hydrogens (tertiary/aromatic N) is 1. The van der Waals surface area contributed by atoms with E-state index in [1.165, 1.54) is 6.08 Å². The number of hydrogen-bond donors (Lipinski definition) is 1. The molecule has 0 aromatic heterocycles. The summed E-state index contributed by atoms with van der Waals surface area (Å²) in [5.74, 6) is 0.354. The highest BCUT2D eigenvalue weighted by molar-refractivity contribution is 7.30. The summed E-state index contributed by atoms with van der Waals surface area (Å²) in [4.78, 5) is 12.0. The molecule has 2 aliphatic rings. The molecule has 2 aliphatic heterocycles. The average Bonchev–Trinajstić information content (AvgIpc) is 2.88. The van der Waals surface area contributed by atoms with Crippen LogP contribution in [-0.4, -0.2) is 53.6 Å². The fraction of sp³-hybridized carbons (Fsp3) is 0.519. The van der Waals surface area contributed by atoms with E-state index >= 15 is 0 Å². The summed E-state index contributed by atoms with van der Waals surface area (Å²) in [6.07, 6.45) is 23.4. The van der Waals surface area contributed by atoms with Gasteiger partial charge < -0.3 is 23.8 Å². The molecular formula is C27H44N2O5P4.